The molecule has 3 rings (SSSR count). The van der Waals surface area contributed by atoms with Crippen molar-refractivity contribution in [2.45, 2.75) is 13.3 Å². The molecular weight excluding hydrogens is 629 g/mol. The van der Waals surface area contributed by atoms with E-state index in [9.17, 15) is 9.59 Å². The van der Waals surface area contributed by atoms with E-state index in [1.165, 1.54) is 0 Å². The number of rotatable bonds is 18. The standard InChI is InChI=1S/C28H39BrN5O7P/c1-19-26-23(33(2)18-31-26)17-21(27(19)34(3)22-5-4-20(29)16-24(22)42)28(36)32-41-15-14-40-25(35)6-8-37-10-12-39-13-11-38-9-7-30/h4-5,16-18H,6-15,30,42H2,1-3H3,(H,32,36). The van der Waals surface area contributed by atoms with Crippen LogP contribution in [0.4, 0.5) is 11.4 Å². The van der Waals surface area contributed by atoms with Crippen molar-refractivity contribution in [3.05, 3.63) is 46.2 Å². The van der Waals surface area contributed by atoms with Crippen molar-refractivity contribution in [1.82, 2.24) is 15.0 Å². The molecule has 3 N–H and O–H groups in total. The highest BCUT2D eigenvalue weighted by Crippen LogP contribution is 2.35. The zero-order valence-electron chi connectivity index (χ0n) is 24.2. The number of hydrogen-bond acceptors (Lipinski definition) is 10. The minimum atomic E-state index is -0.432. The van der Waals surface area contributed by atoms with Gasteiger partial charge < -0.3 is 34.1 Å². The van der Waals surface area contributed by atoms with Gasteiger partial charge in [0.15, 0.2) is 0 Å². The molecule has 230 valence electrons. The Morgan fingerprint density at radius 1 is 1.05 bits per heavy atom. The molecule has 1 unspecified atom stereocenters. The second-order valence-electron chi connectivity index (χ2n) is 9.26. The molecule has 14 heteroatoms. The number of esters is 1. The number of nitrogens with two attached hydrogens (primary N) is 1. The molecule has 0 spiro atoms. The van der Waals surface area contributed by atoms with E-state index < -0.39 is 11.9 Å². The molecule has 0 saturated heterocycles. The molecule has 2 aromatic carbocycles. The second-order valence-corrected chi connectivity index (χ2v) is 10.8. The third-order valence-corrected chi connectivity index (χ3v) is 7.19. The number of hydroxylamine groups is 1. The predicted octanol–water partition coefficient (Wildman–Crippen LogP) is 2.52. The monoisotopic (exact) mass is 667 g/mol. The van der Waals surface area contributed by atoms with E-state index in [0.29, 0.717) is 50.8 Å². The van der Waals surface area contributed by atoms with Crippen LogP contribution in [0.25, 0.3) is 11.0 Å². The van der Waals surface area contributed by atoms with Crippen LogP contribution in [0.15, 0.2) is 35.1 Å². The quantitative estimate of drug-likeness (QED) is 0.0900. The van der Waals surface area contributed by atoms with Crippen LogP contribution in [-0.2, 0) is 35.6 Å². The van der Waals surface area contributed by atoms with E-state index in [1.807, 2.05) is 48.7 Å². The van der Waals surface area contributed by atoms with Crippen molar-refractivity contribution in [1.29, 1.82) is 0 Å². The summed E-state index contributed by atoms with van der Waals surface area (Å²) in [5, 5.41) is 0.958. The number of hydrogen-bond donors (Lipinski definition) is 2. The number of aryl methyl sites for hydroxylation is 2. The van der Waals surface area contributed by atoms with Gasteiger partial charge in [-0.25, -0.2) is 10.5 Å². The maximum absolute atomic E-state index is 13.3. The van der Waals surface area contributed by atoms with Crippen molar-refractivity contribution in [3.63, 3.8) is 0 Å². The lowest BCUT2D eigenvalue weighted by molar-refractivity contribution is -0.147. The third kappa shape index (κ3) is 9.70. The molecule has 0 aliphatic rings. The lowest BCUT2D eigenvalue weighted by atomic mass is 10.0. The van der Waals surface area contributed by atoms with Gasteiger partial charge in [0.25, 0.3) is 5.91 Å². The Morgan fingerprint density at radius 2 is 1.74 bits per heavy atom. The lowest BCUT2D eigenvalue weighted by Crippen LogP contribution is -2.29. The van der Waals surface area contributed by atoms with Crippen LogP contribution in [0.2, 0.25) is 0 Å². The first-order valence-corrected chi connectivity index (χ1v) is 14.9. The van der Waals surface area contributed by atoms with Gasteiger partial charge in [0, 0.05) is 36.4 Å². The summed E-state index contributed by atoms with van der Waals surface area (Å²) in [7, 11) is 6.51. The van der Waals surface area contributed by atoms with Crippen molar-refractivity contribution >= 4 is 64.8 Å². The van der Waals surface area contributed by atoms with E-state index in [1.54, 1.807) is 12.4 Å². The number of imidazole rings is 1. The third-order valence-electron chi connectivity index (χ3n) is 6.23. The summed E-state index contributed by atoms with van der Waals surface area (Å²) in [5.41, 5.74) is 12.3. The van der Waals surface area contributed by atoms with Gasteiger partial charge in [-0.2, -0.15) is 0 Å². The maximum atomic E-state index is 13.3. The fourth-order valence-corrected chi connectivity index (χ4v) is 5.29. The molecular formula is C28H39BrN5O7P. The van der Waals surface area contributed by atoms with Crippen LogP contribution >= 0.6 is 25.2 Å². The lowest BCUT2D eigenvalue weighted by Gasteiger charge is -2.26. The second kappa shape index (κ2) is 17.5. The van der Waals surface area contributed by atoms with Gasteiger partial charge >= 0.3 is 5.97 Å². The summed E-state index contributed by atoms with van der Waals surface area (Å²) in [6.45, 7) is 4.81. The molecule has 1 heterocycles. The summed E-state index contributed by atoms with van der Waals surface area (Å²) < 4.78 is 23.9. The number of aromatic nitrogens is 2. The Kier molecular flexibility index (Phi) is 14.1. The van der Waals surface area contributed by atoms with Gasteiger partial charge in [-0.1, -0.05) is 15.9 Å². The highest BCUT2D eigenvalue weighted by atomic mass is 79.9. The normalized spacial score (nSPS) is 11.2. The molecule has 12 nitrogen and oxygen atoms in total. The zero-order chi connectivity index (χ0) is 30.5. The summed E-state index contributed by atoms with van der Waals surface area (Å²) >= 11 is 3.50. The SMILES string of the molecule is Cc1c(N(C)c2ccc(Br)cc2P)c(C(=O)NOCCOC(=O)CCOCCOCCOCCN)cc2c1ncn2C. The zero-order valence-corrected chi connectivity index (χ0v) is 26.9. The summed E-state index contributed by atoms with van der Waals surface area (Å²) in [4.78, 5) is 37.1. The molecule has 0 radical (unpaired) electrons. The van der Waals surface area contributed by atoms with Gasteiger partial charge in [0.1, 0.15) is 13.2 Å². The number of anilines is 2. The Morgan fingerprint density at radius 3 is 2.43 bits per heavy atom. The van der Waals surface area contributed by atoms with Gasteiger partial charge in [0.05, 0.1) is 74.7 Å². The molecule has 0 bridgehead atoms. The van der Waals surface area contributed by atoms with Gasteiger partial charge in [-0.15, -0.1) is 9.24 Å². The van der Waals surface area contributed by atoms with Crippen LogP contribution in [0, 0.1) is 6.92 Å². The van der Waals surface area contributed by atoms with Crippen molar-refractivity contribution in [2.75, 3.05) is 71.3 Å². The van der Waals surface area contributed by atoms with Gasteiger partial charge in [-0.3, -0.25) is 14.4 Å². The molecule has 1 amide bonds. The van der Waals surface area contributed by atoms with Crippen molar-refractivity contribution < 1.29 is 33.4 Å². The Labute approximate surface area is 256 Å². The number of carbonyl (C=O) groups excluding carboxylic acids is 2. The number of nitrogens with one attached hydrogen (secondary N) is 1. The minimum absolute atomic E-state index is 0.0149. The summed E-state index contributed by atoms with van der Waals surface area (Å²) in [6, 6.07) is 7.70. The van der Waals surface area contributed by atoms with Gasteiger partial charge in [0.2, 0.25) is 0 Å². The van der Waals surface area contributed by atoms with Crippen LogP contribution in [0.5, 0.6) is 0 Å². The Balaban J connectivity index is 1.48. The van der Waals surface area contributed by atoms with Crippen LogP contribution in [0.3, 0.4) is 0 Å². The van der Waals surface area contributed by atoms with E-state index >= 15 is 0 Å². The molecule has 42 heavy (non-hydrogen) atoms. The first kappa shape index (κ1) is 33.9. The fourth-order valence-electron chi connectivity index (χ4n) is 4.20. The number of fused-ring (bicyclic) bond motifs is 1. The molecule has 0 aliphatic heterocycles. The van der Waals surface area contributed by atoms with E-state index in [-0.39, 0.29) is 26.2 Å². The average Bonchev–Trinajstić information content (AvgIpc) is 3.34. The van der Waals surface area contributed by atoms with Crippen molar-refractivity contribution in [2.24, 2.45) is 12.8 Å². The fraction of sp³-hybridized carbons (Fsp3) is 0.464. The van der Waals surface area contributed by atoms with Crippen LogP contribution < -0.4 is 21.4 Å². The van der Waals surface area contributed by atoms with Crippen molar-refractivity contribution in [3.8, 4) is 0 Å². The summed E-state index contributed by atoms with van der Waals surface area (Å²) in [6.07, 6.45) is 1.81. The number of nitrogens with zero attached hydrogens (tertiary/aromatic N) is 3. The van der Waals surface area contributed by atoms with E-state index in [4.69, 9.17) is 29.5 Å². The first-order valence-electron chi connectivity index (χ1n) is 13.5. The Hall–Kier alpha value is -2.64. The summed E-state index contributed by atoms with van der Waals surface area (Å²) in [5.74, 6) is -0.858. The molecule has 1 aromatic heterocycles. The largest absolute Gasteiger partial charge is 0.463 e. The molecule has 0 aliphatic carbocycles. The number of ether oxygens (including phenoxy) is 4. The van der Waals surface area contributed by atoms with E-state index in [2.05, 4.69) is 35.6 Å². The highest BCUT2D eigenvalue weighted by Gasteiger charge is 2.23. The highest BCUT2D eigenvalue weighted by molar-refractivity contribution is 9.10. The van der Waals surface area contributed by atoms with Crippen LogP contribution in [-0.4, -0.2) is 87.9 Å². The van der Waals surface area contributed by atoms with Gasteiger partial charge in [-0.05, 0) is 36.5 Å². The Bertz CT molecular complexity index is 1340. The molecule has 0 fully saturated rings. The number of halogens is 1. The predicted molar refractivity (Wildman–Crippen MR) is 168 cm³/mol. The number of carbonyl (C=O) groups is 2. The first-order chi connectivity index (χ1) is 20.2. The molecule has 1 atom stereocenters. The maximum Gasteiger partial charge on any atom is 0.308 e. The van der Waals surface area contributed by atoms with Crippen LogP contribution in [0.1, 0.15) is 22.3 Å². The smallest absolute Gasteiger partial charge is 0.308 e. The van der Waals surface area contributed by atoms with E-state index in [0.717, 1.165) is 32.1 Å². The molecule has 3 aromatic rings. The number of amides is 1. The number of benzene rings is 2. The average molecular weight is 669 g/mol. The molecule has 0 saturated carbocycles. The minimum Gasteiger partial charge on any atom is -0.463 e. The topological polar surface area (TPSA) is 139 Å².